The first-order valence-electron chi connectivity index (χ1n) is 7.27. The molecule has 2 aliphatic rings. The van der Waals surface area contributed by atoms with Crippen molar-refractivity contribution in [2.75, 3.05) is 29.1 Å². The molecule has 0 radical (unpaired) electrons. The van der Waals surface area contributed by atoms with Crippen LogP contribution in [-0.2, 0) is 9.53 Å². The van der Waals surface area contributed by atoms with Crippen LogP contribution in [0.4, 0.5) is 16.4 Å². The molecule has 23 heavy (non-hydrogen) atoms. The molecule has 0 unspecified atom stereocenters. The number of hydrogen-bond donors (Lipinski definition) is 3. The third-order valence-corrected chi connectivity index (χ3v) is 4.69. The number of hydrogen-bond acceptors (Lipinski definition) is 7. The van der Waals surface area contributed by atoms with E-state index in [1.54, 1.807) is 6.07 Å². The molecule has 0 bridgehead atoms. The fourth-order valence-electron chi connectivity index (χ4n) is 2.43. The van der Waals surface area contributed by atoms with Gasteiger partial charge in [0.05, 0.1) is 29.9 Å². The van der Waals surface area contributed by atoms with E-state index in [1.165, 1.54) is 16.7 Å². The molecule has 0 spiro atoms. The lowest BCUT2D eigenvalue weighted by molar-refractivity contribution is -0.113. The van der Waals surface area contributed by atoms with E-state index in [1.807, 2.05) is 6.07 Å². The lowest BCUT2D eigenvalue weighted by Gasteiger charge is -2.18. The molecule has 1 fully saturated rings. The number of aliphatic hydroxyl groups is 2. The largest absolute Gasteiger partial charge is 0.444 e. The molecule has 0 aliphatic carbocycles. The molecular weight excluding hydrogens is 322 g/mol. The number of nitrogens with zero attached hydrogens (tertiary/aromatic N) is 2. The number of anilines is 2. The van der Waals surface area contributed by atoms with Crippen LogP contribution < -0.4 is 10.2 Å². The van der Waals surface area contributed by atoms with Crippen molar-refractivity contribution in [1.29, 1.82) is 0 Å². The highest BCUT2D eigenvalue weighted by molar-refractivity contribution is 8.00. The zero-order valence-corrected chi connectivity index (χ0v) is 13.1. The van der Waals surface area contributed by atoms with Gasteiger partial charge in [-0.1, -0.05) is 0 Å². The Morgan fingerprint density at radius 1 is 1.48 bits per heavy atom. The van der Waals surface area contributed by atoms with E-state index in [-0.39, 0.29) is 18.6 Å². The van der Waals surface area contributed by atoms with Crippen LogP contribution in [0.2, 0.25) is 0 Å². The van der Waals surface area contributed by atoms with Crippen LogP contribution in [-0.4, -0.2) is 58.3 Å². The van der Waals surface area contributed by atoms with E-state index >= 15 is 0 Å². The highest BCUT2D eigenvalue weighted by Gasteiger charge is 2.33. The van der Waals surface area contributed by atoms with Gasteiger partial charge in [-0.15, -0.1) is 11.8 Å². The summed E-state index contributed by atoms with van der Waals surface area (Å²) in [5.41, 5.74) is 0. The number of aliphatic hydroxyl groups excluding tert-OH is 2. The summed E-state index contributed by atoms with van der Waals surface area (Å²) < 4.78 is 5.25. The molecule has 2 atom stereocenters. The number of carbonyl (C=O) groups is 2. The summed E-state index contributed by atoms with van der Waals surface area (Å²) in [7, 11) is 0. The number of carbonyl (C=O) groups excluding carboxylic acids is 2. The smallest absolute Gasteiger partial charge is 0.415 e. The lowest BCUT2D eigenvalue weighted by Crippen LogP contribution is -2.27. The van der Waals surface area contributed by atoms with Gasteiger partial charge in [-0.3, -0.25) is 9.69 Å². The lowest BCUT2D eigenvalue weighted by atomic mass is 10.1. The van der Waals surface area contributed by atoms with Crippen LogP contribution >= 0.6 is 11.8 Å². The average molecular weight is 339 g/mol. The minimum Gasteiger partial charge on any atom is -0.444 e. The second kappa shape index (κ2) is 6.73. The molecule has 8 nitrogen and oxygen atoms in total. The molecule has 9 heteroatoms. The zero-order chi connectivity index (χ0) is 16.4. The molecule has 124 valence electrons. The van der Waals surface area contributed by atoms with Gasteiger partial charge in [0.25, 0.3) is 0 Å². The van der Waals surface area contributed by atoms with E-state index in [4.69, 9.17) is 9.84 Å². The maximum absolute atomic E-state index is 12.0. The van der Waals surface area contributed by atoms with Crippen LogP contribution in [0.15, 0.2) is 17.0 Å². The van der Waals surface area contributed by atoms with Crippen LogP contribution in [0.25, 0.3) is 0 Å². The number of cyclic esters (lactones) is 1. The van der Waals surface area contributed by atoms with Crippen molar-refractivity contribution >= 4 is 35.4 Å². The Balaban J connectivity index is 1.68. The number of ether oxygens (including phenoxy) is 1. The molecule has 2 aliphatic heterocycles. The van der Waals surface area contributed by atoms with Crippen molar-refractivity contribution in [3.63, 3.8) is 0 Å². The Labute approximate surface area is 136 Å². The van der Waals surface area contributed by atoms with Gasteiger partial charge in [-0.05, 0) is 25.0 Å². The van der Waals surface area contributed by atoms with Crippen LogP contribution in [0.1, 0.15) is 12.8 Å². The fraction of sp³-hybridized carbons (Fsp3) is 0.500. The molecule has 0 aromatic carbocycles. The summed E-state index contributed by atoms with van der Waals surface area (Å²) >= 11 is 1.40. The minimum atomic E-state index is -0.808. The Morgan fingerprint density at radius 3 is 3.09 bits per heavy atom. The highest BCUT2D eigenvalue weighted by Crippen LogP contribution is 2.32. The number of aromatic nitrogens is 1. The first-order valence-corrected chi connectivity index (χ1v) is 8.26. The number of fused-ring (bicyclic) bond motifs is 1. The second-order valence-electron chi connectivity index (χ2n) is 5.38. The number of nitrogens with one attached hydrogen (secondary N) is 1. The maximum Gasteiger partial charge on any atom is 0.415 e. The third kappa shape index (κ3) is 3.57. The standard InChI is InChI=1S/C14H17N3O5S/c18-6-8(19)1-2-9-5-17(14(21)22-9)11-4-3-10-13(15-11)16-12(20)7-23-10/h3-4,8-9,18-19H,1-2,5-7H2,(H,15,16,20)/t8-,9+/m1/s1. The van der Waals surface area contributed by atoms with Crippen molar-refractivity contribution in [3.8, 4) is 0 Å². The molecule has 1 aromatic heterocycles. The number of thioether (sulfide) groups is 1. The SMILES string of the molecule is O=C1CSc2ccc(N3C[C@H](CC[C@@H](O)CO)OC3=O)nc2N1. The normalized spacial score (nSPS) is 21.7. The highest BCUT2D eigenvalue weighted by atomic mass is 32.2. The van der Waals surface area contributed by atoms with E-state index in [2.05, 4.69) is 10.3 Å². The summed E-state index contributed by atoms with van der Waals surface area (Å²) in [6.07, 6.45) is -0.855. The molecule has 3 N–H and O–H groups in total. The molecule has 1 saturated heterocycles. The fourth-order valence-corrected chi connectivity index (χ4v) is 3.19. The summed E-state index contributed by atoms with van der Waals surface area (Å²) in [6, 6.07) is 3.54. The molecule has 3 rings (SSSR count). The van der Waals surface area contributed by atoms with Gasteiger partial charge in [0.15, 0.2) is 0 Å². The number of pyridine rings is 1. The Bertz CT molecular complexity index is 626. The van der Waals surface area contributed by atoms with E-state index < -0.39 is 12.2 Å². The molecule has 3 heterocycles. The molecule has 0 saturated carbocycles. The van der Waals surface area contributed by atoms with Crippen molar-refractivity contribution in [1.82, 2.24) is 4.98 Å². The van der Waals surface area contributed by atoms with Gasteiger partial charge in [0, 0.05) is 0 Å². The van der Waals surface area contributed by atoms with Gasteiger partial charge in [0.1, 0.15) is 17.7 Å². The predicted molar refractivity (Wildman–Crippen MR) is 83.5 cm³/mol. The maximum atomic E-state index is 12.0. The van der Waals surface area contributed by atoms with Crippen LogP contribution in [0.3, 0.4) is 0 Å². The van der Waals surface area contributed by atoms with Crippen LogP contribution in [0.5, 0.6) is 0 Å². The van der Waals surface area contributed by atoms with Crippen LogP contribution in [0, 0.1) is 0 Å². The monoisotopic (exact) mass is 339 g/mol. The molecular formula is C14H17N3O5S. The quantitative estimate of drug-likeness (QED) is 0.719. The summed E-state index contributed by atoms with van der Waals surface area (Å²) in [4.78, 5) is 30.0. The third-order valence-electron chi connectivity index (χ3n) is 3.64. The Morgan fingerprint density at radius 2 is 2.30 bits per heavy atom. The Hall–Kier alpha value is -1.84. The topological polar surface area (TPSA) is 112 Å². The van der Waals surface area contributed by atoms with Gasteiger partial charge < -0.3 is 20.3 Å². The first-order chi connectivity index (χ1) is 11.1. The van der Waals surface area contributed by atoms with Gasteiger partial charge >= 0.3 is 6.09 Å². The average Bonchev–Trinajstić information content (AvgIpc) is 2.92. The van der Waals surface area contributed by atoms with Gasteiger partial charge in [0.2, 0.25) is 5.91 Å². The van der Waals surface area contributed by atoms with Gasteiger partial charge in [-0.25, -0.2) is 9.78 Å². The summed E-state index contributed by atoms with van der Waals surface area (Å²) in [5, 5.41) is 20.9. The number of amides is 2. The minimum absolute atomic E-state index is 0.119. The molecule has 2 amide bonds. The molecule has 1 aromatic rings. The second-order valence-corrected chi connectivity index (χ2v) is 6.40. The van der Waals surface area contributed by atoms with E-state index in [0.29, 0.717) is 36.8 Å². The van der Waals surface area contributed by atoms with Gasteiger partial charge in [-0.2, -0.15) is 0 Å². The van der Waals surface area contributed by atoms with E-state index in [9.17, 15) is 14.7 Å². The van der Waals surface area contributed by atoms with E-state index in [0.717, 1.165) is 4.90 Å². The van der Waals surface area contributed by atoms with Crippen molar-refractivity contribution in [3.05, 3.63) is 12.1 Å². The Kier molecular flexibility index (Phi) is 4.69. The first kappa shape index (κ1) is 16.0. The number of rotatable bonds is 5. The predicted octanol–water partition coefficient (Wildman–Crippen LogP) is 0.584. The van der Waals surface area contributed by atoms with Crippen molar-refractivity contribution in [2.24, 2.45) is 0 Å². The zero-order valence-electron chi connectivity index (χ0n) is 12.3. The van der Waals surface area contributed by atoms with Crippen molar-refractivity contribution in [2.45, 2.75) is 29.9 Å². The summed E-state index contributed by atoms with van der Waals surface area (Å²) in [6.45, 7) is 0.0119. The summed E-state index contributed by atoms with van der Waals surface area (Å²) in [5.74, 6) is 1.11. The van der Waals surface area contributed by atoms with Crippen molar-refractivity contribution < 1.29 is 24.5 Å².